The smallest absolute Gasteiger partial charge is 0.250 e. The summed E-state index contributed by atoms with van der Waals surface area (Å²) in [6.07, 6.45) is 0.337. The van der Waals surface area contributed by atoms with Gasteiger partial charge in [-0.3, -0.25) is 29.4 Å². The summed E-state index contributed by atoms with van der Waals surface area (Å²) in [6, 6.07) is 2.66. The van der Waals surface area contributed by atoms with E-state index in [0.29, 0.717) is 12.1 Å². The molecular weight excluding hydrogens is 367 g/mol. The third-order valence-corrected chi connectivity index (χ3v) is 6.16. The number of nitrogens with zero attached hydrogens (tertiary/aromatic N) is 1. The van der Waals surface area contributed by atoms with Gasteiger partial charge in [-0.1, -0.05) is 6.92 Å². The molecule has 5 atom stereocenters. The van der Waals surface area contributed by atoms with Crippen LogP contribution in [0, 0.1) is 17.7 Å². The standard InChI is InChI=1S/C19H21FN4O4/c1-3-8(2)24-16(26)14-12(7-13(21)25)23-19(15(14)17(24)27)10-6-9(20)4-5-11(10)22-18(19)28/h4-6,8,12,14-15,23H,3,7H2,1-2H3,(H2,21,25)(H,22,28)/t8?,12?,14-,15+,19?/m1/s1. The summed E-state index contributed by atoms with van der Waals surface area (Å²) >= 11 is 0. The third kappa shape index (κ3) is 2.25. The van der Waals surface area contributed by atoms with Crippen LogP contribution in [0.4, 0.5) is 10.1 Å². The molecule has 8 nitrogen and oxygen atoms in total. The van der Waals surface area contributed by atoms with Crippen molar-refractivity contribution < 1.29 is 23.6 Å². The van der Waals surface area contributed by atoms with Crippen LogP contribution in [0.5, 0.6) is 0 Å². The predicted molar refractivity (Wildman–Crippen MR) is 96.0 cm³/mol. The molecule has 0 bridgehead atoms. The second kappa shape index (κ2) is 6.10. The molecule has 4 N–H and O–H groups in total. The molecule has 28 heavy (non-hydrogen) atoms. The normalized spacial score (nSPS) is 31.9. The Kier molecular flexibility index (Phi) is 4.04. The quantitative estimate of drug-likeness (QED) is 0.637. The van der Waals surface area contributed by atoms with Crippen LogP contribution in [0.3, 0.4) is 0 Å². The third-order valence-electron chi connectivity index (χ3n) is 6.16. The van der Waals surface area contributed by atoms with E-state index in [0.717, 1.165) is 0 Å². The molecule has 1 aromatic carbocycles. The molecule has 3 unspecified atom stereocenters. The number of carbonyl (C=O) groups excluding carboxylic acids is 4. The van der Waals surface area contributed by atoms with Crippen LogP contribution in [0.2, 0.25) is 0 Å². The molecule has 3 aliphatic heterocycles. The van der Waals surface area contributed by atoms with E-state index in [1.165, 1.54) is 23.1 Å². The van der Waals surface area contributed by atoms with E-state index in [9.17, 15) is 23.6 Å². The summed E-state index contributed by atoms with van der Waals surface area (Å²) in [5.41, 5.74) is 4.38. The second-order valence-corrected chi connectivity index (χ2v) is 7.68. The summed E-state index contributed by atoms with van der Waals surface area (Å²) in [5.74, 6) is -4.68. The Morgan fingerprint density at radius 3 is 2.68 bits per heavy atom. The van der Waals surface area contributed by atoms with Gasteiger partial charge in [-0.25, -0.2) is 4.39 Å². The van der Waals surface area contributed by atoms with Crippen LogP contribution in [0.25, 0.3) is 0 Å². The van der Waals surface area contributed by atoms with E-state index in [1.807, 2.05) is 6.92 Å². The van der Waals surface area contributed by atoms with Gasteiger partial charge in [-0.05, 0) is 31.5 Å². The molecule has 9 heteroatoms. The van der Waals surface area contributed by atoms with Gasteiger partial charge in [-0.2, -0.15) is 0 Å². The molecule has 2 saturated heterocycles. The Morgan fingerprint density at radius 1 is 1.32 bits per heavy atom. The molecule has 0 radical (unpaired) electrons. The van der Waals surface area contributed by atoms with Crippen LogP contribution in [0.15, 0.2) is 18.2 Å². The first-order valence-corrected chi connectivity index (χ1v) is 9.26. The molecule has 2 fully saturated rings. The number of likely N-dealkylation sites (tertiary alicyclic amines) is 1. The monoisotopic (exact) mass is 388 g/mol. The van der Waals surface area contributed by atoms with E-state index in [1.54, 1.807) is 6.92 Å². The first-order valence-electron chi connectivity index (χ1n) is 9.26. The molecule has 1 aromatic rings. The zero-order valence-corrected chi connectivity index (χ0v) is 15.5. The van der Waals surface area contributed by atoms with Crippen molar-refractivity contribution in [1.82, 2.24) is 10.2 Å². The molecular formula is C19H21FN4O4. The highest BCUT2D eigenvalue weighted by Crippen LogP contribution is 2.53. The largest absolute Gasteiger partial charge is 0.370 e. The number of imide groups is 1. The van der Waals surface area contributed by atoms with Crippen LogP contribution in [-0.2, 0) is 24.7 Å². The van der Waals surface area contributed by atoms with Crippen molar-refractivity contribution in [2.24, 2.45) is 17.6 Å². The Bertz CT molecular complexity index is 919. The summed E-state index contributed by atoms with van der Waals surface area (Å²) < 4.78 is 14.0. The lowest BCUT2D eigenvalue weighted by Crippen LogP contribution is -2.54. The van der Waals surface area contributed by atoms with Crippen molar-refractivity contribution in [3.63, 3.8) is 0 Å². The van der Waals surface area contributed by atoms with Gasteiger partial charge in [0.05, 0.1) is 11.8 Å². The van der Waals surface area contributed by atoms with Gasteiger partial charge in [0, 0.05) is 29.8 Å². The van der Waals surface area contributed by atoms with Crippen molar-refractivity contribution >= 4 is 29.3 Å². The molecule has 1 spiro atoms. The highest BCUT2D eigenvalue weighted by Gasteiger charge is 2.70. The van der Waals surface area contributed by atoms with Crippen molar-refractivity contribution in [1.29, 1.82) is 0 Å². The number of anilines is 1. The minimum Gasteiger partial charge on any atom is -0.370 e. The Labute approximate surface area is 160 Å². The lowest BCUT2D eigenvalue weighted by molar-refractivity contribution is -0.145. The number of rotatable bonds is 4. The van der Waals surface area contributed by atoms with Gasteiger partial charge in [0.2, 0.25) is 23.6 Å². The van der Waals surface area contributed by atoms with E-state index in [2.05, 4.69) is 10.6 Å². The average Bonchev–Trinajstić information content (AvgIpc) is 3.20. The molecule has 0 saturated carbocycles. The molecule has 4 amide bonds. The topological polar surface area (TPSA) is 122 Å². The van der Waals surface area contributed by atoms with Crippen LogP contribution in [0.1, 0.15) is 32.3 Å². The van der Waals surface area contributed by atoms with Crippen molar-refractivity contribution in [2.45, 2.75) is 44.3 Å². The lowest BCUT2D eigenvalue weighted by atomic mass is 9.76. The number of nitrogens with two attached hydrogens (primary N) is 1. The fraction of sp³-hybridized carbons (Fsp3) is 0.474. The predicted octanol–water partition coefficient (Wildman–Crippen LogP) is 0.220. The highest BCUT2D eigenvalue weighted by molar-refractivity contribution is 6.15. The summed E-state index contributed by atoms with van der Waals surface area (Å²) in [6.45, 7) is 3.60. The Hall–Kier alpha value is -2.81. The minimum atomic E-state index is -1.61. The van der Waals surface area contributed by atoms with Crippen molar-refractivity contribution in [3.8, 4) is 0 Å². The number of fused-ring (bicyclic) bond motifs is 4. The van der Waals surface area contributed by atoms with Crippen molar-refractivity contribution in [2.75, 3.05) is 5.32 Å². The van der Waals surface area contributed by atoms with Gasteiger partial charge < -0.3 is 11.1 Å². The highest BCUT2D eigenvalue weighted by atomic mass is 19.1. The number of halogens is 1. The lowest BCUT2D eigenvalue weighted by Gasteiger charge is -2.31. The van der Waals surface area contributed by atoms with Gasteiger partial charge in [0.1, 0.15) is 11.4 Å². The first-order chi connectivity index (χ1) is 13.2. The molecule has 4 rings (SSSR count). The van der Waals surface area contributed by atoms with Crippen LogP contribution >= 0.6 is 0 Å². The maximum absolute atomic E-state index is 14.0. The SMILES string of the molecule is CCC(C)N1C(=O)[C@@H]2C(CC(N)=O)NC3(C(=O)Nc4ccc(F)cc43)[C@@H]2C1=O. The molecule has 0 aromatic heterocycles. The van der Waals surface area contributed by atoms with Crippen LogP contribution < -0.4 is 16.4 Å². The Balaban J connectivity index is 1.90. The number of nitrogens with one attached hydrogen (secondary N) is 2. The number of hydrogen-bond acceptors (Lipinski definition) is 5. The maximum Gasteiger partial charge on any atom is 0.250 e. The molecule has 148 valence electrons. The number of primary amides is 1. The molecule has 3 aliphatic rings. The zero-order valence-electron chi connectivity index (χ0n) is 15.5. The molecule has 0 aliphatic carbocycles. The van der Waals surface area contributed by atoms with E-state index in [4.69, 9.17) is 5.73 Å². The zero-order chi connectivity index (χ0) is 20.4. The molecule has 3 heterocycles. The summed E-state index contributed by atoms with van der Waals surface area (Å²) in [5, 5.41) is 5.69. The van der Waals surface area contributed by atoms with Gasteiger partial charge in [0.25, 0.3) is 0 Å². The van der Waals surface area contributed by atoms with E-state index < -0.39 is 52.9 Å². The van der Waals surface area contributed by atoms with E-state index in [-0.39, 0.29) is 18.0 Å². The van der Waals surface area contributed by atoms with Gasteiger partial charge >= 0.3 is 0 Å². The second-order valence-electron chi connectivity index (χ2n) is 7.68. The van der Waals surface area contributed by atoms with Crippen molar-refractivity contribution in [3.05, 3.63) is 29.6 Å². The minimum absolute atomic E-state index is 0.214. The summed E-state index contributed by atoms with van der Waals surface area (Å²) in [7, 11) is 0. The number of hydrogen-bond donors (Lipinski definition) is 3. The number of amides is 4. The fourth-order valence-electron chi connectivity index (χ4n) is 4.80. The maximum atomic E-state index is 14.0. The fourth-order valence-corrected chi connectivity index (χ4v) is 4.80. The van der Waals surface area contributed by atoms with Gasteiger partial charge in [-0.15, -0.1) is 0 Å². The van der Waals surface area contributed by atoms with Crippen LogP contribution in [-0.4, -0.2) is 40.6 Å². The number of benzene rings is 1. The average molecular weight is 388 g/mol. The Morgan fingerprint density at radius 2 is 2.04 bits per heavy atom. The van der Waals surface area contributed by atoms with Gasteiger partial charge in [0.15, 0.2) is 0 Å². The first kappa shape index (κ1) is 18.5. The number of carbonyl (C=O) groups is 4. The summed E-state index contributed by atoms with van der Waals surface area (Å²) in [4.78, 5) is 52.2. The van der Waals surface area contributed by atoms with E-state index >= 15 is 0 Å².